The van der Waals surface area contributed by atoms with Crippen LogP contribution in [0.25, 0.3) is 0 Å². The summed E-state index contributed by atoms with van der Waals surface area (Å²) in [4.78, 5) is 0. The molecule has 4 nitrogen and oxygen atoms in total. The van der Waals surface area contributed by atoms with Crippen molar-refractivity contribution in [3.63, 3.8) is 0 Å². The van der Waals surface area contributed by atoms with E-state index < -0.39 is 0 Å². The van der Waals surface area contributed by atoms with Crippen LogP contribution in [-0.4, -0.2) is 39.0 Å². The minimum atomic E-state index is 0.134. The molecule has 0 spiro atoms. The van der Waals surface area contributed by atoms with Crippen LogP contribution in [0.4, 0.5) is 0 Å². The Morgan fingerprint density at radius 3 is 3.10 bits per heavy atom. The van der Waals surface area contributed by atoms with Gasteiger partial charge in [-0.1, -0.05) is 12.1 Å². The van der Waals surface area contributed by atoms with Gasteiger partial charge >= 0.3 is 0 Å². The number of ether oxygens (including phenoxy) is 3. The van der Waals surface area contributed by atoms with Crippen LogP contribution in [0.15, 0.2) is 24.3 Å². The molecule has 20 heavy (non-hydrogen) atoms. The highest BCUT2D eigenvalue weighted by Crippen LogP contribution is 2.15. The van der Waals surface area contributed by atoms with Gasteiger partial charge in [-0.05, 0) is 37.5 Å². The lowest BCUT2D eigenvalue weighted by molar-refractivity contribution is 0.106. The molecular formula is C16H25NO3. The quantitative estimate of drug-likeness (QED) is 0.793. The summed E-state index contributed by atoms with van der Waals surface area (Å²) in [5, 5.41) is 3.41. The fraction of sp³-hybridized carbons (Fsp3) is 0.625. The Morgan fingerprint density at radius 2 is 2.35 bits per heavy atom. The van der Waals surface area contributed by atoms with Crippen molar-refractivity contribution in [3.05, 3.63) is 29.8 Å². The Balaban J connectivity index is 1.70. The molecule has 1 aromatic rings. The molecule has 0 saturated carbocycles. The molecule has 2 atom stereocenters. The predicted molar refractivity (Wildman–Crippen MR) is 79.1 cm³/mol. The molecule has 112 valence electrons. The van der Waals surface area contributed by atoms with E-state index in [9.17, 15) is 0 Å². The van der Waals surface area contributed by atoms with Gasteiger partial charge in [0.1, 0.15) is 11.9 Å². The second-order valence-corrected chi connectivity index (χ2v) is 5.30. The highest BCUT2D eigenvalue weighted by molar-refractivity contribution is 5.28. The van der Waals surface area contributed by atoms with Crippen LogP contribution < -0.4 is 10.1 Å². The van der Waals surface area contributed by atoms with E-state index in [1.54, 1.807) is 7.11 Å². The number of nitrogens with one attached hydrogen (secondary N) is 1. The molecule has 0 bridgehead atoms. The van der Waals surface area contributed by atoms with Crippen LogP contribution >= 0.6 is 0 Å². The fourth-order valence-electron chi connectivity index (χ4n) is 2.40. The Hall–Kier alpha value is -1.10. The van der Waals surface area contributed by atoms with Crippen molar-refractivity contribution >= 4 is 0 Å². The van der Waals surface area contributed by atoms with Crippen molar-refractivity contribution in [2.24, 2.45) is 0 Å². The van der Waals surface area contributed by atoms with Gasteiger partial charge in [-0.25, -0.2) is 0 Å². The van der Waals surface area contributed by atoms with E-state index in [2.05, 4.69) is 12.2 Å². The third kappa shape index (κ3) is 5.12. The molecule has 1 aromatic carbocycles. The number of hydrogen-bond donors (Lipinski definition) is 1. The van der Waals surface area contributed by atoms with Gasteiger partial charge in [0.05, 0.1) is 12.7 Å². The Morgan fingerprint density at radius 1 is 1.45 bits per heavy atom. The predicted octanol–water partition coefficient (Wildman–Crippen LogP) is 2.37. The molecule has 2 rings (SSSR count). The second kappa shape index (κ2) is 8.25. The van der Waals surface area contributed by atoms with E-state index in [0.717, 1.165) is 31.0 Å². The van der Waals surface area contributed by atoms with Crippen LogP contribution in [0.2, 0.25) is 0 Å². The van der Waals surface area contributed by atoms with Crippen molar-refractivity contribution < 1.29 is 14.2 Å². The largest absolute Gasteiger partial charge is 0.489 e. The molecular weight excluding hydrogens is 254 g/mol. The van der Waals surface area contributed by atoms with Crippen LogP contribution in [0.5, 0.6) is 5.75 Å². The molecule has 2 unspecified atom stereocenters. The highest BCUT2D eigenvalue weighted by Gasteiger charge is 2.15. The topological polar surface area (TPSA) is 39.7 Å². The average Bonchev–Trinajstić information content (AvgIpc) is 2.93. The van der Waals surface area contributed by atoms with Crippen LogP contribution in [0.1, 0.15) is 25.3 Å². The maximum atomic E-state index is 5.91. The van der Waals surface area contributed by atoms with Gasteiger partial charge in [0.25, 0.3) is 0 Å². The maximum absolute atomic E-state index is 5.91. The van der Waals surface area contributed by atoms with E-state index in [4.69, 9.17) is 14.2 Å². The molecule has 1 saturated heterocycles. The first-order chi connectivity index (χ1) is 9.78. The lowest BCUT2D eigenvalue weighted by Crippen LogP contribution is -2.34. The first kappa shape index (κ1) is 15.3. The zero-order chi connectivity index (χ0) is 14.2. The van der Waals surface area contributed by atoms with Gasteiger partial charge in [-0.15, -0.1) is 0 Å². The van der Waals surface area contributed by atoms with E-state index in [-0.39, 0.29) is 6.10 Å². The first-order valence-electron chi connectivity index (χ1n) is 7.35. The molecule has 1 fully saturated rings. The summed E-state index contributed by atoms with van der Waals surface area (Å²) in [6.45, 7) is 5.34. The Bertz CT molecular complexity index is 391. The summed E-state index contributed by atoms with van der Waals surface area (Å²) in [7, 11) is 1.70. The van der Waals surface area contributed by atoms with E-state index in [1.807, 2.05) is 24.3 Å². The van der Waals surface area contributed by atoms with Crippen molar-refractivity contribution in [2.45, 2.75) is 38.6 Å². The molecule has 1 aliphatic heterocycles. The maximum Gasteiger partial charge on any atom is 0.120 e. The normalized spacial score (nSPS) is 20.0. The molecule has 1 N–H and O–H groups in total. The fourth-order valence-corrected chi connectivity index (χ4v) is 2.40. The van der Waals surface area contributed by atoms with Gasteiger partial charge in [0, 0.05) is 26.8 Å². The summed E-state index contributed by atoms with van der Waals surface area (Å²) in [5.41, 5.74) is 1.13. The lowest BCUT2D eigenvalue weighted by Gasteiger charge is -2.17. The van der Waals surface area contributed by atoms with E-state index in [0.29, 0.717) is 12.7 Å². The third-order valence-corrected chi connectivity index (χ3v) is 3.37. The molecule has 1 aliphatic rings. The third-order valence-electron chi connectivity index (χ3n) is 3.37. The summed E-state index contributed by atoms with van der Waals surface area (Å²) < 4.78 is 16.6. The Kier molecular flexibility index (Phi) is 6.30. The van der Waals surface area contributed by atoms with Crippen LogP contribution in [0.3, 0.4) is 0 Å². The van der Waals surface area contributed by atoms with Gasteiger partial charge in [0.2, 0.25) is 0 Å². The van der Waals surface area contributed by atoms with Crippen molar-refractivity contribution in [3.8, 4) is 5.75 Å². The van der Waals surface area contributed by atoms with Crippen LogP contribution in [0, 0.1) is 0 Å². The second-order valence-electron chi connectivity index (χ2n) is 5.30. The van der Waals surface area contributed by atoms with E-state index in [1.165, 1.54) is 12.8 Å². The minimum absolute atomic E-state index is 0.134. The van der Waals surface area contributed by atoms with Gasteiger partial charge in [0.15, 0.2) is 0 Å². The summed E-state index contributed by atoms with van der Waals surface area (Å²) in [6, 6.07) is 8.04. The van der Waals surface area contributed by atoms with Gasteiger partial charge < -0.3 is 19.5 Å². The first-order valence-corrected chi connectivity index (χ1v) is 7.35. The molecule has 0 radical (unpaired) electrons. The van der Waals surface area contributed by atoms with Gasteiger partial charge in [-0.3, -0.25) is 0 Å². The molecule has 0 aliphatic carbocycles. The standard InChI is InChI=1S/C16H25NO3/c1-13(10-17-11-16-7-4-8-19-16)20-15-6-3-5-14(9-15)12-18-2/h3,5-6,9,13,16-17H,4,7-8,10-12H2,1-2H3. The van der Waals surface area contributed by atoms with Crippen LogP contribution in [-0.2, 0) is 16.1 Å². The highest BCUT2D eigenvalue weighted by atomic mass is 16.5. The lowest BCUT2D eigenvalue weighted by atomic mass is 10.2. The molecule has 4 heteroatoms. The zero-order valence-electron chi connectivity index (χ0n) is 12.4. The van der Waals surface area contributed by atoms with Crippen molar-refractivity contribution in [1.29, 1.82) is 0 Å². The Labute approximate surface area is 121 Å². The summed E-state index contributed by atoms with van der Waals surface area (Å²) >= 11 is 0. The van der Waals surface area contributed by atoms with Crippen molar-refractivity contribution in [1.82, 2.24) is 5.32 Å². The molecule has 0 aromatic heterocycles. The number of rotatable bonds is 8. The van der Waals surface area contributed by atoms with E-state index >= 15 is 0 Å². The zero-order valence-corrected chi connectivity index (χ0v) is 12.4. The van der Waals surface area contributed by atoms with Crippen molar-refractivity contribution in [2.75, 3.05) is 26.8 Å². The summed E-state index contributed by atoms with van der Waals surface area (Å²) in [5.74, 6) is 0.894. The van der Waals surface area contributed by atoms with Gasteiger partial charge in [-0.2, -0.15) is 0 Å². The number of methoxy groups -OCH3 is 1. The number of hydrogen-bond acceptors (Lipinski definition) is 4. The summed E-state index contributed by atoms with van der Waals surface area (Å²) in [6.07, 6.45) is 2.87. The smallest absolute Gasteiger partial charge is 0.120 e. The molecule has 0 amide bonds. The monoisotopic (exact) mass is 279 g/mol. The average molecular weight is 279 g/mol. The SMILES string of the molecule is COCc1cccc(OC(C)CNCC2CCCO2)c1. The minimum Gasteiger partial charge on any atom is -0.489 e. The number of benzene rings is 1. The molecule has 1 heterocycles.